The van der Waals surface area contributed by atoms with Gasteiger partial charge in [-0.3, -0.25) is 0 Å². The molecule has 0 saturated carbocycles. The SMILES string of the molecule is Cc1ccc(/C=C/c2ccc(Oc3ccc(/C=C/c4ccc(C)cc4)s3)s2)cc1. The van der Waals surface area contributed by atoms with Crippen molar-refractivity contribution < 1.29 is 4.74 Å². The summed E-state index contributed by atoms with van der Waals surface area (Å²) in [5.41, 5.74) is 4.96. The van der Waals surface area contributed by atoms with E-state index in [1.165, 1.54) is 32.0 Å². The standard InChI is InChI=1S/C26H22OS2/c1-19-3-7-21(8-4-19)11-13-23-15-17-25(28-23)27-26-18-16-24(29-26)14-12-22-9-5-20(2)6-10-22/h3-18H,1-2H3/b13-11+,14-12+. The minimum Gasteiger partial charge on any atom is -0.436 e. The van der Waals surface area contributed by atoms with Gasteiger partial charge in [0, 0.05) is 9.75 Å². The minimum absolute atomic E-state index is 0.907. The van der Waals surface area contributed by atoms with Crippen LogP contribution >= 0.6 is 22.7 Å². The van der Waals surface area contributed by atoms with Gasteiger partial charge in [0.25, 0.3) is 0 Å². The molecule has 0 spiro atoms. The zero-order chi connectivity index (χ0) is 20.1. The fourth-order valence-corrected chi connectivity index (χ4v) is 4.37. The summed E-state index contributed by atoms with van der Waals surface area (Å²) in [6.45, 7) is 4.20. The Morgan fingerprint density at radius 3 is 1.34 bits per heavy atom. The normalized spacial score (nSPS) is 11.5. The van der Waals surface area contributed by atoms with Crippen molar-refractivity contribution >= 4 is 47.0 Å². The molecule has 2 aromatic heterocycles. The van der Waals surface area contributed by atoms with Gasteiger partial charge in [0.1, 0.15) is 0 Å². The third-order valence-corrected chi connectivity index (χ3v) is 6.30. The summed E-state index contributed by atoms with van der Waals surface area (Å²) in [5.74, 6) is 0. The fraction of sp³-hybridized carbons (Fsp3) is 0.0769. The molecular formula is C26H22OS2. The van der Waals surface area contributed by atoms with E-state index in [0.717, 1.165) is 10.1 Å². The van der Waals surface area contributed by atoms with Crippen molar-refractivity contribution in [2.45, 2.75) is 13.8 Å². The predicted octanol–water partition coefficient (Wildman–Crippen LogP) is 8.56. The smallest absolute Gasteiger partial charge is 0.182 e. The number of ether oxygens (including phenoxy) is 1. The molecule has 0 saturated heterocycles. The summed E-state index contributed by atoms with van der Waals surface area (Å²) in [6, 6.07) is 25.3. The quantitative estimate of drug-likeness (QED) is 0.307. The molecule has 4 aromatic rings. The molecule has 144 valence electrons. The van der Waals surface area contributed by atoms with E-state index in [4.69, 9.17) is 4.74 Å². The maximum Gasteiger partial charge on any atom is 0.182 e. The molecule has 0 fully saturated rings. The lowest BCUT2D eigenvalue weighted by Gasteiger charge is -1.97. The summed E-state index contributed by atoms with van der Waals surface area (Å²) in [7, 11) is 0. The third-order valence-electron chi connectivity index (χ3n) is 4.44. The number of aryl methyl sites for hydroxylation is 2. The highest BCUT2D eigenvalue weighted by molar-refractivity contribution is 7.16. The van der Waals surface area contributed by atoms with Crippen LogP contribution in [0.25, 0.3) is 24.3 Å². The lowest BCUT2D eigenvalue weighted by atomic mass is 10.1. The molecule has 1 nitrogen and oxygen atoms in total. The molecule has 29 heavy (non-hydrogen) atoms. The van der Waals surface area contributed by atoms with Crippen LogP contribution in [0.1, 0.15) is 32.0 Å². The lowest BCUT2D eigenvalue weighted by Crippen LogP contribution is -1.73. The topological polar surface area (TPSA) is 9.23 Å². The van der Waals surface area contributed by atoms with Crippen LogP contribution in [0.2, 0.25) is 0 Å². The summed E-state index contributed by atoms with van der Waals surface area (Å²) in [6.07, 6.45) is 8.53. The summed E-state index contributed by atoms with van der Waals surface area (Å²) in [5, 5.41) is 1.81. The second-order valence-electron chi connectivity index (χ2n) is 6.90. The first kappa shape index (κ1) is 19.4. The van der Waals surface area contributed by atoms with Gasteiger partial charge in [-0.1, -0.05) is 94.5 Å². The Kier molecular flexibility index (Phi) is 6.09. The van der Waals surface area contributed by atoms with Crippen LogP contribution in [0.15, 0.2) is 72.8 Å². The first-order valence-electron chi connectivity index (χ1n) is 9.51. The molecule has 0 radical (unpaired) electrons. The maximum absolute atomic E-state index is 6.04. The molecule has 0 amide bonds. The first-order chi connectivity index (χ1) is 14.1. The fourth-order valence-electron chi connectivity index (χ4n) is 2.77. The second kappa shape index (κ2) is 9.08. The van der Waals surface area contributed by atoms with Gasteiger partial charge >= 0.3 is 0 Å². The highest BCUT2D eigenvalue weighted by atomic mass is 32.1. The molecule has 4 rings (SSSR count). The largest absolute Gasteiger partial charge is 0.436 e. The van der Waals surface area contributed by atoms with Crippen LogP contribution in [-0.2, 0) is 0 Å². The van der Waals surface area contributed by atoms with Gasteiger partial charge in [0.2, 0.25) is 0 Å². The van der Waals surface area contributed by atoms with Gasteiger partial charge in [-0.25, -0.2) is 0 Å². The zero-order valence-corrected chi connectivity index (χ0v) is 18.1. The third kappa shape index (κ3) is 5.57. The summed E-state index contributed by atoms with van der Waals surface area (Å²) in [4.78, 5) is 2.35. The monoisotopic (exact) mass is 414 g/mol. The van der Waals surface area contributed by atoms with Crippen LogP contribution < -0.4 is 4.74 Å². The molecule has 3 heteroatoms. The molecule has 0 bridgehead atoms. The Balaban J connectivity index is 1.37. The van der Waals surface area contributed by atoms with Crippen molar-refractivity contribution in [2.75, 3.05) is 0 Å². The number of thiophene rings is 2. The van der Waals surface area contributed by atoms with Crippen LogP contribution in [0.4, 0.5) is 0 Å². The van der Waals surface area contributed by atoms with Gasteiger partial charge in [0.05, 0.1) is 0 Å². The van der Waals surface area contributed by atoms with Crippen LogP contribution in [-0.4, -0.2) is 0 Å². The molecular weight excluding hydrogens is 392 g/mol. The van der Waals surface area contributed by atoms with E-state index in [1.54, 1.807) is 22.7 Å². The Morgan fingerprint density at radius 1 is 0.517 bits per heavy atom. The minimum atomic E-state index is 0.907. The number of hydrogen-bond donors (Lipinski definition) is 0. The van der Waals surface area contributed by atoms with E-state index in [9.17, 15) is 0 Å². The zero-order valence-electron chi connectivity index (χ0n) is 16.5. The summed E-state index contributed by atoms with van der Waals surface area (Å²) < 4.78 is 6.04. The molecule has 0 atom stereocenters. The lowest BCUT2D eigenvalue weighted by molar-refractivity contribution is 0.511. The summed E-state index contributed by atoms with van der Waals surface area (Å²) >= 11 is 3.30. The van der Waals surface area contributed by atoms with Crippen molar-refractivity contribution in [1.82, 2.24) is 0 Å². The number of rotatable bonds is 6. The Bertz CT molecular complexity index is 1030. The molecule has 0 aliphatic carbocycles. The highest BCUT2D eigenvalue weighted by Gasteiger charge is 2.04. The van der Waals surface area contributed by atoms with E-state index in [1.807, 2.05) is 12.1 Å². The Hall–Kier alpha value is -2.88. The molecule has 2 heterocycles. The maximum atomic E-state index is 6.04. The molecule has 0 aliphatic heterocycles. The van der Waals surface area contributed by atoms with Crippen molar-refractivity contribution in [1.29, 1.82) is 0 Å². The van der Waals surface area contributed by atoms with Gasteiger partial charge in [-0.2, -0.15) is 0 Å². The van der Waals surface area contributed by atoms with Crippen molar-refractivity contribution in [3.05, 3.63) is 105 Å². The van der Waals surface area contributed by atoms with E-state index < -0.39 is 0 Å². The number of hydrogen-bond acceptors (Lipinski definition) is 3. The van der Waals surface area contributed by atoms with Crippen molar-refractivity contribution in [2.24, 2.45) is 0 Å². The Labute approximate surface area is 180 Å². The van der Waals surface area contributed by atoms with E-state index >= 15 is 0 Å². The highest BCUT2D eigenvalue weighted by Crippen LogP contribution is 2.35. The second-order valence-corrected chi connectivity index (χ2v) is 9.06. The van der Waals surface area contributed by atoms with Crippen LogP contribution in [0, 0.1) is 13.8 Å². The average molecular weight is 415 g/mol. The molecule has 2 aromatic carbocycles. The van der Waals surface area contributed by atoms with E-state index in [-0.39, 0.29) is 0 Å². The Morgan fingerprint density at radius 2 is 0.931 bits per heavy atom. The van der Waals surface area contributed by atoms with Crippen LogP contribution in [0.5, 0.6) is 10.1 Å². The van der Waals surface area contributed by atoms with Gasteiger partial charge in [0.15, 0.2) is 10.1 Å². The first-order valence-corrected chi connectivity index (χ1v) is 11.1. The van der Waals surface area contributed by atoms with Crippen molar-refractivity contribution in [3.63, 3.8) is 0 Å². The molecule has 0 aliphatic rings. The van der Waals surface area contributed by atoms with E-state index in [2.05, 4.69) is 98.8 Å². The molecule has 0 unspecified atom stereocenters. The number of benzene rings is 2. The van der Waals surface area contributed by atoms with E-state index in [0.29, 0.717) is 0 Å². The van der Waals surface area contributed by atoms with Crippen molar-refractivity contribution in [3.8, 4) is 10.1 Å². The predicted molar refractivity (Wildman–Crippen MR) is 129 cm³/mol. The molecule has 0 N–H and O–H groups in total. The van der Waals surface area contributed by atoms with Gasteiger partial charge in [-0.15, -0.1) is 0 Å². The average Bonchev–Trinajstić information content (AvgIpc) is 3.37. The van der Waals surface area contributed by atoms with Crippen LogP contribution in [0.3, 0.4) is 0 Å². The van der Waals surface area contributed by atoms with Gasteiger partial charge in [-0.05, 0) is 61.4 Å². The van der Waals surface area contributed by atoms with Gasteiger partial charge < -0.3 is 4.74 Å².